The monoisotopic (exact) mass is 270 g/mol. The Bertz CT molecular complexity index is 391. The lowest BCUT2D eigenvalue weighted by molar-refractivity contribution is -0.146. The minimum absolute atomic E-state index is 0.00829. The Labute approximate surface area is 113 Å². The Kier molecular flexibility index (Phi) is 3.47. The van der Waals surface area contributed by atoms with E-state index >= 15 is 0 Å². The molecule has 1 saturated carbocycles. The van der Waals surface area contributed by atoms with E-state index in [4.69, 9.17) is 15.2 Å². The van der Waals surface area contributed by atoms with E-state index in [9.17, 15) is 9.59 Å². The third-order valence-corrected chi connectivity index (χ3v) is 3.85. The van der Waals surface area contributed by atoms with Crippen LogP contribution in [-0.2, 0) is 14.3 Å². The number of hydrogen-bond acceptors (Lipinski definition) is 5. The molecule has 6 nitrogen and oxygen atoms in total. The van der Waals surface area contributed by atoms with Crippen LogP contribution in [0, 0.1) is 5.92 Å². The highest BCUT2D eigenvalue weighted by Crippen LogP contribution is 2.43. The van der Waals surface area contributed by atoms with Crippen molar-refractivity contribution in [2.45, 2.75) is 57.3 Å². The second kappa shape index (κ2) is 4.67. The van der Waals surface area contributed by atoms with Gasteiger partial charge in [0.2, 0.25) is 0 Å². The van der Waals surface area contributed by atoms with E-state index in [0.717, 1.165) is 12.8 Å². The molecule has 2 aliphatic rings. The topological polar surface area (TPSA) is 81.9 Å². The molecule has 0 bridgehead atoms. The number of nitrogens with zero attached hydrogens (tertiary/aromatic N) is 1. The molecule has 19 heavy (non-hydrogen) atoms. The summed E-state index contributed by atoms with van der Waals surface area (Å²) in [6, 6.07) is -1.08. The van der Waals surface area contributed by atoms with Crippen LogP contribution in [0.25, 0.3) is 0 Å². The summed E-state index contributed by atoms with van der Waals surface area (Å²) in [4.78, 5) is 25.6. The van der Waals surface area contributed by atoms with Crippen LogP contribution >= 0.6 is 0 Å². The van der Waals surface area contributed by atoms with E-state index in [1.54, 1.807) is 20.8 Å². The van der Waals surface area contributed by atoms with Crippen molar-refractivity contribution in [2.75, 3.05) is 7.11 Å². The number of carbonyl (C=O) groups is 2. The van der Waals surface area contributed by atoms with Crippen molar-refractivity contribution in [3.05, 3.63) is 0 Å². The Hall–Kier alpha value is -1.30. The summed E-state index contributed by atoms with van der Waals surface area (Å²) < 4.78 is 10.1. The first-order valence-electron chi connectivity index (χ1n) is 6.61. The highest BCUT2D eigenvalue weighted by molar-refractivity contribution is 5.83. The van der Waals surface area contributed by atoms with Gasteiger partial charge in [-0.15, -0.1) is 0 Å². The summed E-state index contributed by atoms with van der Waals surface area (Å²) in [7, 11) is 1.31. The predicted molar refractivity (Wildman–Crippen MR) is 68.4 cm³/mol. The van der Waals surface area contributed by atoms with Gasteiger partial charge in [-0.05, 0) is 39.5 Å². The van der Waals surface area contributed by atoms with Gasteiger partial charge in [-0.25, -0.2) is 9.59 Å². The second-order valence-electron chi connectivity index (χ2n) is 6.24. The minimum Gasteiger partial charge on any atom is -0.467 e. The lowest BCUT2D eigenvalue weighted by Gasteiger charge is -2.37. The lowest BCUT2D eigenvalue weighted by atomic mass is 9.77. The van der Waals surface area contributed by atoms with E-state index in [1.165, 1.54) is 12.0 Å². The molecule has 2 N–H and O–H groups in total. The Morgan fingerprint density at radius 2 is 1.89 bits per heavy atom. The van der Waals surface area contributed by atoms with Crippen LogP contribution in [0.4, 0.5) is 4.79 Å². The number of nitrogens with two attached hydrogens (primary N) is 1. The molecular formula is C13H22N2O4. The highest BCUT2D eigenvalue weighted by Gasteiger charge is 2.57. The van der Waals surface area contributed by atoms with Crippen LogP contribution in [0.15, 0.2) is 0 Å². The van der Waals surface area contributed by atoms with Crippen molar-refractivity contribution in [2.24, 2.45) is 11.7 Å². The Balaban J connectivity index is 2.20. The van der Waals surface area contributed by atoms with Crippen LogP contribution in [0.3, 0.4) is 0 Å². The van der Waals surface area contributed by atoms with Gasteiger partial charge in [0, 0.05) is 12.1 Å². The fourth-order valence-electron chi connectivity index (χ4n) is 2.88. The minimum atomic E-state index is -0.725. The van der Waals surface area contributed by atoms with E-state index in [0.29, 0.717) is 0 Å². The van der Waals surface area contributed by atoms with Gasteiger partial charge >= 0.3 is 12.1 Å². The van der Waals surface area contributed by atoms with Crippen molar-refractivity contribution >= 4 is 12.1 Å². The van der Waals surface area contributed by atoms with Gasteiger partial charge in [-0.2, -0.15) is 0 Å². The number of rotatable bonds is 1. The molecule has 1 aliphatic carbocycles. The van der Waals surface area contributed by atoms with E-state index < -0.39 is 23.7 Å². The largest absolute Gasteiger partial charge is 0.467 e. The first-order valence-corrected chi connectivity index (χ1v) is 6.61. The number of esters is 1. The van der Waals surface area contributed by atoms with Gasteiger partial charge in [-0.1, -0.05) is 0 Å². The molecule has 0 unspecified atom stereocenters. The van der Waals surface area contributed by atoms with E-state index in [2.05, 4.69) is 0 Å². The average molecular weight is 270 g/mol. The number of carbonyl (C=O) groups excluding carboxylic acids is 2. The van der Waals surface area contributed by atoms with E-state index in [1.807, 2.05) is 0 Å². The van der Waals surface area contributed by atoms with Crippen LogP contribution in [0.2, 0.25) is 0 Å². The van der Waals surface area contributed by atoms with Crippen molar-refractivity contribution in [1.29, 1.82) is 0 Å². The average Bonchev–Trinajstić information content (AvgIpc) is 2.42. The quantitative estimate of drug-likeness (QED) is 0.715. The van der Waals surface area contributed by atoms with Crippen LogP contribution < -0.4 is 5.73 Å². The normalized spacial score (nSPS) is 33.4. The second-order valence-corrected chi connectivity index (χ2v) is 6.24. The molecule has 1 amide bonds. The van der Waals surface area contributed by atoms with Crippen molar-refractivity contribution in [3.8, 4) is 0 Å². The zero-order chi connectivity index (χ0) is 14.4. The van der Waals surface area contributed by atoms with Crippen molar-refractivity contribution in [1.82, 2.24) is 4.90 Å². The number of amides is 1. The Morgan fingerprint density at radius 3 is 2.32 bits per heavy atom. The number of likely N-dealkylation sites (tertiary alicyclic amines) is 1. The fourth-order valence-corrected chi connectivity index (χ4v) is 2.88. The molecule has 2 fully saturated rings. The summed E-state index contributed by atoms with van der Waals surface area (Å²) >= 11 is 0. The van der Waals surface area contributed by atoms with Crippen LogP contribution in [0.5, 0.6) is 0 Å². The number of methoxy groups -OCH3 is 1. The van der Waals surface area contributed by atoms with Gasteiger partial charge in [0.15, 0.2) is 0 Å². The van der Waals surface area contributed by atoms with E-state index in [-0.39, 0.29) is 18.0 Å². The third kappa shape index (κ3) is 2.41. The van der Waals surface area contributed by atoms with Gasteiger partial charge in [-0.3, -0.25) is 4.90 Å². The summed E-state index contributed by atoms with van der Waals surface area (Å²) in [6.45, 7) is 5.39. The smallest absolute Gasteiger partial charge is 0.411 e. The van der Waals surface area contributed by atoms with Gasteiger partial charge in [0.1, 0.15) is 11.6 Å². The van der Waals surface area contributed by atoms with Crippen molar-refractivity contribution < 1.29 is 19.1 Å². The molecular weight excluding hydrogens is 248 g/mol. The molecule has 0 aromatic heterocycles. The molecule has 6 heteroatoms. The molecule has 1 aliphatic heterocycles. The fraction of sp³-hybridized carbons (Fsp3) is 0.846. The number of fused-ring (bicyclic) bond motifs is 1. The van der Waals surface area contributed by atoms with Gasteiger partial charge in [0.25, 0.3) is 0 Å². The Morgan fingerprint density at radius 1 is 1.26 bits per heavy atom. The summed E-state index contributed by atoms with van der Waals surface area (Å²) in [5.41, 5.74) is 5.49. The zero-order valence-electron chi connectivity index (χ0n) is 11.9. The standard InChI is InChI=1S/C13H22N2O4/c1-13(2,3)19-12(17)15-8-6-5-7(8)9(14)10(15)11(16)18-4/h7-10H,5-6,14H2,1-4H3/t7-,8+,9+,10-/m0/s1. The first-order chi connectivity index (χ1) is 8.76. The first kappa shape index (κ1) is 14.1. The highest BCUT2D eigenvalue weighted by atomic mass is 16.6. The SMILES string of the molecule is COC(=O)[C@@H]1[C@H](N)[C@H]2CC[C@H]2N1C(=O)OC(C)(C)C. The van der Waals surface area contributed by atoms with Crippen LogP contribution in [-0.4, -0.2) is 47.8 Å². The predicted octanol–water partition coefficient (Wildman–Crippen LogP) is 0.885. The third-order valence-electron chi connectivity index (χ3n) is 3.85. The maximum atomic E-state index is 12.3. The maximum absolute atomic E-state index is 12.3. The molecule has 108 valence electrons. The molecule has 0 aromatic rings. The number of hydrogen-bond donors (Lipinski definition) is 1. The lowest BCUT2D eigenvalue weighted by Crippen LogP contribution is -2.51. The zero-order valence-corrected chi connectivity index (χ0v) is 11.9. The summed E-state index contributed by atoms with van der Waals surface area (Å²) in [5, 5.41) is 0. The van der Waals surface area contributed by atoms with Gasteiger partial charge < -0.3 is 15.2 Å². The molecule has 1 saturated heterocycles. The van der Waals surface area contributed by atoms with Crippen LogP contribution in [0.1, 0.15) is 33.6 Å². The maximum Gasteiger partial charge on any atom is 0.411 e. The number of ether oxygens (including phenoxy) is 2. The molecule has 2 rings (SSSR count). The molecule has 0 radical (unpaired) electrons. The summed E-state index contributed by atoms with van der Waals surface area (Å²) in [5.74, 6) is -0.288. The molecule has 4 atom stereocenters. The van der Waals surface area contributed by atoms with Crippen molar-refractivity contribution in [3.63, 3.8) is 0 Å². The molecule has 0 spiro atoms. The summed E-state index contributed by atoms with van der Waals surface area (Å²) in [6.07, 6.45) is 1.33. The van der Waals surface area contributed by atoms with Gasteiger partial charge in [0.05, 0.1) is 7.11 Å². The molecule has 1 heterocycles. The molecule has 0 aromatic carbocycles.